The number of amides is 1. The van der Waals surface area contributed by atoms with Crippen LogP contribution in [0.2, 0.25) is 0 Å². The topological polar surface area (TPSA) is 51.2 Å². The lowest BCUT2D eigenvalue weighted by Crippen LogP contribution is -2.20. The third-order valence-electron chi connectivity index (χ3n) is 4.28. The Morgan fingerprint density at radius 3 is 2.77 bits per heavy atom. The summed E-state index contributed by atoms with van der Waals surface area (Å²) in [5.74, 6) is 0.825. The van der Waals surface area contributed by atoms with Gasteiger partial charge in [-0.3, -0.25) is 10.1 Å². The minimum Gasteiger partial charge on any atom is -0.483 e. The first-order valence-corrected chi connectivity index (χ1v) is 10.0. The number of nitrogens with one attached hydrogen (secondary N) is 1. The van der Waals surface area contributed by atoms with Crippen molar-refractivity contribution in [3.63, 3.8) is 0 Å². The van der Waals surface area contributed by atoms with Crippen molar-refractivity contribution in [2.75, 3.05) is 11.9 Å². The third-order valence-corrected chi connectivity index (χ3v) is 5.71. The van der Waals surface area contributed by atoms with Gasteiger partial charge in [0, 0.05) is 4.47 Å². The van der Waals surface area contributed by atoms with Gasteiger partial charge in [0.15, 0.2) is 11.7 Å². The molecule has 0 aliphatic carbocycles. The SMILES string of the molecule is Cc1ccc2sc(NC(=O)COc3ccc(Br)cc3C(C)C)nc2c1C. The average Bonchev–Trinajstić information content (AvgIpc) is 3.00. The molecule has 1 N–H and O–H groups in total. The van der Waals surface area contributed by atoms with Gasteiger partial charge in [-0.2, -0.15) is 0 Å². The first-order chi connectivity index (χ1) is 12.3. The molecule has 0 aliphatic heterocycles. The number of hydrogen-bond acceptors (Lipinski definition) is 4. The number of hydrogen-bond donors (Lipinski definition) is 1. The maximum absolute atomic E-state index is 12.3. The van der Waals surface area contributed by atoms with E-state index in [0.29, 0.717) is 11.0 Å². The molecule has 0 bridgehead atoms. The Labute approximate surface area is 165 Å². The summed E-state index contributed by atoms with van der Waals surface area (Å²) in [6, 6.07) is 9.94. The Hall–Kier alpha value is -1.92. The van der Waals surface area contributed by atoms with Gasteiger partial charge in [0.1, 0.15) is 5.75 Å². The van der Waals surface area contributed by atoms with Crippen molar-refractivity contribution in [2.24, 2.45) is 0 Å². The zero-order valence-corrected chi connectivity index (χ0v) is 17.6. The normalized spacial score (nSPS) is 11.2. The molecule has 26 heavy (non-hydrogen) atoms. The van der Waals surface area contributed by atoms with E-state index < -0.39 is 0 Å². The highest BCUT2D eigenvalue weighted by Gasteiger charge is 2.13. The van der Waals surface area contributed by atoms with Gasteiger partial charge in [-0.05, 0) is 60.7 Å². The summed E-state index contributed by atoms with van der Waals surface area (Å²) in [7, 11) is 0. The largest absolute Gasteiger partial charge is 0.483 e. The van der Waals surface area contributed by atoms with E-state index in [-0.39, 0.29) is 12.5 Å². The van der Waals surface area contributed by atoms with Crippen LogP contribution in [-0.2, 0) is 4.79 Å². The van der Waals surface area contributed by atoms with Crippen molar-refractivity contribution in [2.45, 2.75) is 33.6 Å². The van der Waals surface area contributed by atoms with Gasteiger partial charge < -0.3 is 4.74 Å². The number of ether oxygens (including phenoxy) is 1. The van der Waals surface area contributed by atoms with Gasteiger partial charge in [0.2, 0.25) is 0 Å². The maximum atomic E-state index is 12.3. The molecule has 3 rings (SSSR count). The number of rotatable bonds is 5. The minimum atomic E-state index is -0.212. The van der Waals surface area contributed by atoms with Gasteiger partial charge in [-0.15, -0.1) is 0 Å². The number of halogens is 1. The van der Waals surface area contributed by atoms with Crippen LogP contribution in [0, 0.1) is 13.8 Å². The van der Waals surface area contributed by atoms with E-state index in [9.17, 15) is 4.79 Å². The van der Waals surface area contributed by atoms with E-state index in [0.717, 1.165) is 31.6 Å². The fourth-order valence-electron chi connectivity index (χ4n) is 2.68. The fourth-order valence-corrected chi connectivity index (χ4v) is 4.00. The van der Waals surface area contributed by atoms with E-state index in [1.165, 1.54) is 16.9 Å². The van der Waals surface area contributed by atoms with Crippen molar-refractivity contribution in [1.29, 1.82) is 0 Å². The standard InChI is InChI=1S/C20H21BrN2O2S/c1-11(2)15-9-14(21)6-7-16(15)25-10-18(24)22-20-23-19-13(4)12(3)5-8-17(19)26-20/h5-9,11H,10H2,1-4H3,(H,22,23,24). The third kappa shape index (κ3) is 4.07. The lowest BCUT2D eigenvalue weighted by molar-refractivity contribution is -0.118. The molecule has 0 spiro atoms. The number of thiazole rings is 1. The molecule has 1 aromatic heterocycles. The lowest BCUT2D eigenvalue weighted by Gasteiger charge is -2.14. The predicted molar refractivity (Wildman–Crippen MR) is 111 cm³/mol. The zero-order valence-electron chi connectivity index (χ0n) is 15.2. The van der Waals surface area contributed by atoms with Crippen LogP contribution in [0.25, 0.3) is 10.2 Å². The number of carbonyl (C=O) groups is 1. The molecule has 0 saturated carbocycles. The van der Waals surface area contributed by atoms with Gasteiger partial charge in [0.05, 0.1) is 10.2 Å². The summed E-state index contributed by atoms with van der Waals surface area (Å²) in [5, 5.41) is 3.44. The van der Waals surface area contributed by atoms with Crippen LogP contribution >= 0.6 is 27.3 Å². The van der Waals surface area contributed by atoms with E-state index in [2.05, 4.69) is 53.1 Å². The molecule has 0 saturated heterocycles. The molecular formula is C20H21BrN2O2S. The van der Waals surface area contributed by atoms with Crippen molar-refractivity contribution >= 4 is 48.5 Å². The molecular weight excluding hydrogens is 412 g/mol. The smallest absolute Gasteiger partial charge is 0.264 e. The number of aromatic nitrogens is 1. The van der Waals surface area contributed by atoms with Crippen LogP contribution in [0.3, 0.4) is 0 Å². The minimum absolute atomic E-state index is 0.0463. The van der Waals surface area contributed by atoms with Crippen molar-refractivity contribution in [1.82, 2.24) is 4.98 Å². The molecule has 0 radical (unpaired) electrons. The summed E-state index contributed by atoms with van der Waals surface area (Å²) in [5.41, 5.74) is 4.35. The summed E-state index contributed by atoms with van der Waals surface area (Å²) >= 11 is 4.95. The Kier molecular flexibility index (Phi) is 5.63. The molecule has 1 amide bonds. The first kappa shape index (κ1) is 18.9. The van der Waals surface area contributed by atoms with Gasteiger partial charge in [0.25, 0.3) is 5.91 Å². The maximum Gasteiger partial charge on any atom is 0.264 e. The average molecular weight is 433 g/mol. The quantitative estimate of drug-likeness (QED) is 0.552. The Morgan fingerprint density at radius 1 is 1.27 bits per heavy atom. The fraction of sp³-hybridized carbons (Fsp3) is 0.300. The van der Waals surface area contributed by atoms with Crippen LogP contribution < -0.4 is 10.1 Å². The molecule has 1 heterocycles. The molecule has 4 nitrogen and oxygen atoms in total. The highest BCUT2D eigenvalue weighted by molar-refractivity contribution is 9.10. The Morgan fingerprint density at radius 2 is 2.04 bits per heavy atom. The van der Waals surface area contributed by atoms with Crippen LogP contribution in [0.1, 0.15) is 36.5 Å². The summed E-state index contributed by atoms with van der Waals surface area (Å²) in [6.07, 6.45) is 0. The molecule has 3 aromatic rings. The highest BCUT2D eigenvalue weighted by atomic mass is 79.9. The van der Waals surface area contributed by atoms with Gasteiger partial charge >= 0.3 is 0 Å². The van der Waals surface area contributed by atoms with Gasteiger partial charge in [-0.25, -0.2) is 4.98 Å². The second kappa shape index (κ2) is 7.76. The number of benzene rings is 2. The molecule has 0 fully saturated rings. The highest BCUT2D eigenvalue weighted by Crippen LogP contribution is 2.31. The molecule has 136 valence electrons. The van der Waals surface area contributed by atoms with Crippen LogP contribution in [0.5, 0.6) is 5.75 Å². The molecule has 0 aliphatic rings. The molecule has 0 unspecified atom stereocenters. The second-order valence-electron chi connectivity index (χ2n) is 6.55. The van der Waals surface area contributed by atoms with Crippen molar-refractivity contribution in [3.05, 3.63) is 51.5 Å². The van der Waals surface area contributed by atoms with Crippen LogP contribution in [0.15, 0.2) is 34.8 Å². The van der Waals surface area contributed by atoms with Crippen molar-refractivity contribution in [3.8, 4) is 5.75 Å². The van der Waals surface area contributed by atoms with E-state index in [1.807, 2.05) is 31.2 Å². The number of anilines is 1. The van der Waals surface area contributed by atoms with Crippen molar-refractivity contribution < 1.29 is 9.53 Å². The first-order valence-electron chi connectivity index (χ1n) is 8.44. The predicted octanol–water partition coefficient (Wildman–Crippen LogP) is 5.82. The summed E-state index contributed by atoms with van der Waals surface area (Å²) < 4.78 is 7.82. The van der Waals surface area contributed by atoms with E-state index in [4.69, 9.17) is 4.74 Å². The van der Waals surface area contributed by atoms with Gasteiger partial charge in [-0.1, -0.05) is 47.2 Å². The van der Waals surface area contributed by atoms with E-state index >= 15 is 0 Å². The molecule has 0 atom stereocenters. The summed E-state index contributed by atoms with van der Waals surface area (Å²) in [4.78, 5) is 16.8. The Bertz CT molecular complexity index is 966. The number of nitrogens with zero attached hydrogens (tertiary/aromatic N) is 1. The number of aryl methyl sites for hydroxylation is 2. The monoisotopic (exact) mass is 432 g/mol. The zero-order chi connectivity index (χ0) is 18.8. The molecule has 6 heteroatoms. The number of fused-ring (bicyclic) bond motifs is 1. The summed E-state index contributed by atoms with van der Waals surface area (Å²) in [6.45, 7) is 8.26. The second-order valence-corrected chi connectivity index (χ2v) is 8.49. The number of carbonyl (C=O) groups excluding carboxylic acids is 1. The Balaban J connectivity index is 1.69. The lowest BCUT2D eigenvalue weighted by atomic mass is 10.0. The van der Waals surface area contributed by atoms with Crippen LogP contribution in [0.4, 0.5) is 5.13 Å². The molecule has 2 aromatic carbocycles. The van der Waals surface area contributed by atoms with E-state index in [1.54, 1.807) is 0 Å². The van der Waals surface area contributed by atoms with Crippen LogP contribution in [-0.4, -0.2) is 17.5 Å².